The molecule has 0 radical (unpaired) electrons. The molecule has 0 aromatic rings. The van der Waals surface area contributed by atoms with E-state index < -0.39 is 0 Å². The molecule has 0 saturated heterocycles. The van der Waals surface area contributed by atoms with Crippen LogP contribution in [-0.4, -0.2) is 13.3 Å². The van der Waals surface area contributed by atoms with Crippen LogP contribution in [0.5, 0.6) is 0 Å². The number of unbranched alkanes of at least 4 members (excludes halogenated alkanes) is 1. The van der Waals surface area contributed by atoms with E-state index in [-0.39, 0.29) is 0 Å². The van der Waals surface area contributed by atoms with E-state index in [0.717, 1.165) is 6.42 Å². The van der Waals surface area contributed by atoms with Crippen LogP contribution >= 0.6 is 0 Å². The molecule has 0 fully saturated rings. The van der Waals surface area contributed by atoms with Crippen LogP contribution in [0.25, 0.3) is 0 Å². The zero-order valence-electron chi connectivity index (χ0n) is 7.51. The first-order chi connectivity index (χ1) is 5.31. The van der Waals surface area contributed by atoms with Gasteiger partial charge in [0.2, 0.25) is 0 Å². The van der Waals surface area contributed by atoms with Gasteiger partial charge in [-0.1, -0.05) is 31.6 Å². The van der Waals surface area contributed by atoms with Crippen molar-refractivity contribution < 1.29 is 0 Å². The van der Waals surface area contributed by atoms with Crippen molar-refractivity contribution in [3.63, 3.8) is 0 Å². The average molecular weight is 151 g/mol. The van der Waals surface area contributed by atoms with E-state index in [1.54, 1.807) is 13.3 Å². The van der Waals surface area contributed by atoms with Gasteiger partial charge in [-0.05, 0) is 18.9 Å². The van der Waals surface area contributed by atoms with E-state index in [9.17, 15) is 0 Å². The van der Waals surface area contributed by atoms with Crippen molar-refractivity contribution in [2.75, 3.05) is 7.05 Å². The predicted molar refractivity (Wildman–Crippen MR) is 52.2 cm³/mol. The monoisotopic (exact) mass is 151 g/mol. The van der Waals surface area contributed by atoms with Crippen molar-refractivity contribution in [3.05, 3.63) is 24.3 Å². The first-order valence-electron chi connectivity index (χ1n) is 4.07. The van der Waals surface area contributed by atoms with Crippen LogP contribution in [0.15, 0.2) is 29.3 Å². The summed E-state index contributed by atoms with van der Waals surface area (Å²) in [6, 6.07) is 0. The van der Waals surface area contributed by atoms with Crippen molar-refractivity contribution >= 4 is 6.21 Å². The predicted octanol–water partition coefficient (Wildman–Crippen LogP) is 2.99. The summed E-state index contributed by atoms with van der Waals surface area (Å²) in [5.74, 6) is 0. The van der Waals surface area contributed by atoms with Crippen molar-refractivity contribution in [3.8, 4) is 0 Å². The molecule has 1 nitrogen and oxygen atoms in total. The van der Waals surface area contributed by atoms with Crippen molar-refractivity contribution in [2.24, 2.45) is 4.99 Å². The smallest absolute Gasteiger partial charge is 0.0277 e. The Labute approximate surface area is 69.5 Å². The van der Waals surface area contributed by atoms with E-state index in [0.29, 0.717) is 0 Å². The van der Waals surface area contributed by atoms with Gasteiger partial charge in [0.15, 0.2) is 0 Å². The lowest BCUT2D eigenvalue weighted by atomic mass is 10.1. The van der Waals surface area contributed by atoms with Crippen LogP contribution in [0.2, 0.25) is 0 Å². The number of hydrogen-bond acceptors (Lipinski definition) is 1. The molecule has 0 aliphatic heterocycles. The topological polar surface area (TPSA) is 12.4 Å². The Bertz CT molecular complexity index is 154. The SMILES string of the molecule is C=C(/C=C\C=NC)CCCC. The minimum Gasteiger partial charge on any atom is -0.297 e. The number of allylic oxidation sites excluding steroid dienone is 3. The lowest BCUT2D eigenvalue weighted by Crippen LogP contribution is -1.76. The van der Waals surface area contributed by atoms with Crippen LogP contribution in [0.4, 0.5) is 0 Å². The van der Waals surface area contributed by atoms with Gasteiger partial charge in [0.05, 0.1) is 0 Å². The van der Waals surface area contributed by atoms with Gasteiger partial charge in [0.25, 0.3) is 0 Å². The number of nitrogens with zero attached hydrogens (tertiary/aromatic N) is 1. The molecule has 11 heavy (non-hydrogen) atoms. The molecule has 0 rings (SSSR count). The molecule has 62 valence electrons. The molecule has 0 saturated carbocycles. The van der Waals surface area contributed by atoms with Gasteiger partial charge < -0.3 is 0 Å². The maximum atomic E-state index is 3.92. The average Bonchev–Trinajstić information content (AvgIpc) is 2.01. The van der Waals surface area contributed by atoms with Gasteiger partial charge >= 0.3 is 0 Å². The minimum atomic E-state index is 1.10. The molecule has 0 atom stereocenters. The van der Waals surface area contributed by atoms with E-state index in [1.165, 1.54) is 18.4 Å². The Hall–Kier alpha value is -0.850. The van der Waals surface area contributed by atoms with E-state index in [2.05, 4.69) is 18.5 Å². The highest BCUT2D eigenvalue weighted by Gasteiger charge is 1.85. The lowest BCUT2D eigenvalue weighted by Gasteiger charge is -1.94. The zero-order chi connectivity index (χ0) is 8.53. The Balaban J connectivity index is 3.51. The normalized spacial score (nSPS) is 11.5. The van der Waals surface area contributed by atoms with Crippen LogP contribution in [-0.2, 0) is 0 Å². The highest BCUT2D eigenvalue weighted by atomic mass is 14.6. The third-order valence-electron chi connectivity index (χ3n) is 1.42. The summed E-state index contributed by atoms with van der Waals surface area (Å²) in [6.07, 6.45) is 9.28. The molecule has 0 unspecified atom stereocenters. The largest absolute Gasteiger partial charge is 0.297 e. The molecule has 1 heteroatoms. The summed E-state index contributed by atoms with van der Waals surface area (Å²) in [7, 11) is 1.76. The molecule has 0 aliphatic carbocycles. The Morgan fingerprint density at radius 2 is 2.27 bits per heavy atom. The highest BCUT2D eigenvalue weighted by molar-refractivity contribution is 5.71. The lowest BCUT2D eigenvalue weighted by molar-refractivity contribution is 0.799. The number of hydrogen-bond donors (Lipinski definition) is 0. The second-order valence-electron chi connectivity index (χ2n) is 2.53. The molecule has 0 aromatic heterocycles. The van der Waals surface area contributed by atoms with Crippen LogP contribution in [0.1, 0.15) is 26.2 Å². The summed E-state index contributed by atoms with van der Waals surface area (Å²) in [5, 5.41) is 0. The second kappa shape index (κ2) is 7.26. The van der Waals surface area contributed by atoms with E-state index in [4.69, 9.17) is 0 Å². The first-order valence-corrected chi connectivity index (χ1v) is 4.07. The van der Waals surface area contributed by atoms with Gasteiger partial charge in [-0.15, -0.1) is 0 Å². The first kappa shape index (κ1) is 10.2. The molecule has 0 aliphatic rings. The summed E-state index contributed by atoms with van der Waals surface area (Å²) in [6.45, 7) is 6.10. The molecule has 0 spiro atoms. The minimum absolute atomic E-state index is 1.10. The fraction of sp³-hybridized carbons (Fsp3) is 0.500. The van der Waals surface area contributed by atoms with Gasteiger partial charge in [-0.2, -0.15) is 0 Å². The Morgan fingerprint density at radius 1 is 1.55 bits per heavy atom. The third-order valence-corrected chi connectivity index (χ3v) is 1.42. The third kappa shape index (κ3) is 7.04. The second-order valence-corrected chi connectivity index (χ2v) is 2.53. The number of rotatable bonds is 5. The van der Waals surface area contributed by atoms with E-state index >= 15 is 0 Å². The molecular weight excluding hydrogens is 134 g/mol. The molecule has 0 heterocycles. The quantitative estimate of drug-likeness (QED) is 0.423. The van der Waals surface area contributed by atoms with Crippen LogP contribution in [0.3, 0.4) is 0 Å². The maximum Gasteiger partial charge on any atom is 0.0277 e. The summed E-state index contributed by atoms with van der Waals surface area (Å²) in [5.41, 5.74) is 1.19. The van der Waals surface area contributed by atoms with Gasteiger partial charge in [-0.3, -0.25) is 4.99 Å². The fourth-order valence-corrected chi connectivity index (χ4v) is 0.752. The van der Waals surface area contributed by atoms with Crippen molar-refractivity contribution in [1.82, 2.24) is 0 Å². The fourth-order valence-electron chi connectivity index (χ4n) is 0.752. The molecular formula is C10H17N. The van der Waals surface area contributed by atoms with Gasteiger partial charge in [0.1, 0.15) is 0 Å². The Morgan fingerprint density at radius 3 is 2.82 bits per heavy atom. The van der Waals surface area contributed by atoms with Crippen LogP contribution < -0.4 is 0 Å². The molecule has 0 aromatic carbocycles. The summed E-state index contributed by atoms with van der Waals surface area (Å²) >= 11 is 0. The van der Waals surface area contributed by atoms with Crippen LogP contribution in [0, 0.1) is 0 Å². The summed E-state index contributed by atoms with van der Waals surface area (Å²) < 4.78 is 0. The standard InChI is InChI=1S/C10H17N/c1-4-5-7-10(2)8-6-9-11-3/h6,8-9H,2,4-5,7H2,1,3H3/b8-6-,11-9?. The van der Waals surface area contributed by atoms with E-state index in [1.807, 2.05) is 12.2 Å². The molecule has 0 amide bonds. The highest BCUT2D eigenvalue weighted by Crippen LogP contribution is 2.05. The van der Waals surface area contributed by atoms with Crippen molar-refractivity contribution in [1.29, 1.82) is 0 Å². The molecule has 0 bridgehead atoms. The van der Waals surface area contributed by atoms with Gasteiger partial charge in [-0.25, -0.2) is 0 Å². The number of aliphatic imine (C=N–C) groups is 1. The van der Waals surface area contributed by atoms with Gasteiger partial charge in [0, 0.05) is 13.3 Å². The zero-order valence-corrected chi connectivity index (χ0v) is 7.51. The molecule has 0 N–H and O–H groups in total. The maximum absolute atomic E-state index is 3.92. The summed E-state index contributed by atoms with van der Waals surface area (Å²) in [4.78, 5) is 3.84. The Kier molecular flexibility index (Phi) is 6.70. The van der Waals surface area contributed by atoms with Crippen molar-refractivity contribution in [2.45, 2.75) is 26.2 Å².